The van der Waals surface area contributed by atoms with E-state index in [1.165, 1.54) is 0 Å². The molecule has 0 fully saturated rings. The Labute approximate surface area is 120 Å². The highest BCUT2D eigenvalue weighted by molar-refractivity contribution is 7.98. The molecule has 19 heavy (non-hydrogen) atoms. The second-order valence-corrected chi connectivity index (χ2v) is 6.18. The summed E-state index contributed by atoms with van der Waals surface area (Å²) in [6.45, 7) is 6.66. The Hall–Kier alpha value is -0.580. The van der Waals surface area contributed by atoms with Crippen LogP contribution >= 0.6 is 11.8 Å². The molecule has 0 aliphatic rings. The molecule has 0 aliphatic heterocycles. The SMILES string of the molecule is CSCCN(C)Cc1cc(CNC(C)C)ccc1F. The van der Waals surface area contributed by atoms with Crippen LogP contribution in [0.4, 0.5) is 4.39 Å². The predicted octanol–water partition coefficient (Wildman–Crippen LogP) is 3.12. The molecular weight excluding hydrogens is 259 g/mol. The molecule has 0 spiro atoms. The zero-order chi connectivity index (χ0) is 14.3. The fourth-order valence-corrected chi connectivity index (χ4v) is 2.29. The zero-order valence-electron chi connectivity index (χ0n) is 12.4. The summed E-state index contributed by atoms with van der Waals surface area (Å²) in [5, 5.41) is 3.36. The smallest absolute Gasteiger partial charge is 0.127 e. The van der Waals surface area contributed by atoms with Crippen LogP contribution in [0, 0.1) is 5.82 Å². The van der Waals surface area contributed by atoms with E-state index in [0.29, 0.717) is 12.6 Å². The second-order valence-electron chi connectivity index (χ2n) is 5.19. The third-order valence-electron chi connectivity index (χ3n) is 2.94. The molecule has 0 unspecified atom stereocenters. The Balaban J connectivity index is 2.63. The van der Waals surface area contributed by atoms with Crippen LogP contribution in [0.25, 0.3) is 0 Å². The predicted molar refractivity (Wildman–Crippen MR) is 83.1 cm³/mol. The van der Waals surface area contributed by atoms with Crippen molar-refractivity contribution in [3.63, 3.8) is 0 Å². The van der Waals surface area contributed by atoms with Crippen molar-refractivity contribution in [2.45, 2.75) is 33.0 Å². The third-order valence-corrected chi connectivity index (χ3v) is 3.53. The largest absolute Gasteiger partial charge is 0.310 e. The highest BCUT2D eigenvalue weighted by Crippen LogP contribution is 2.13. The van der Waals surface area contributed by atoms with Crippen molar-refractivity contribution in [2.75, 3.05) is 25.6 Å². The van der Waals surface area contributed by atoms with Gasteiger partial charge < -0.3 is 10.2 Å². The van der Waals surface area contributed by atoms with Gasteiger partial charge in [0.2, 0.25) is 0 Å². The summed E-state index contributed by atoms with van der Waals surface area (Å²) in [5.74, 6) is 0.969. The molecule has 0 saturated carbocycles. The van der Waals surface area contributed by atoms with Gasteiger partial charge in [-0.3, -0.25) is 0 Å². The number of hydrogen-bond acceptors (Lipinski definition) is 3. The first-order chi connectivity index (χ1) is 9.02. The Morgan fingerprint density at radius 3 is 2.74 bits per heavy atom. The maximum absolute atomic E-state index is 13.8. The van der Waals surface area contributed by atoms with Gasteiger partial charge in [0, 0.05) is 37.0 Å². The molecule has 1 aromatic carbocycles. The van der Waals surface area contributed by atoms with Crippen molar-refractivity contribution in [1.82, 2.24) is 10.2 Å². The average Bonchev–Trinajstić information content (AvgIpc) is 2.37. The van der Waals surface area contributed by atoms with Gasteiger partial charge in [-0.25, -0.2) is 4.39 Å². The lowest BCUT2D eigenvalue weighted by molar-refractivity contribution is 0.342. The summed E-state index contributed by atoms with van der Waals surface area (Å²) < 4.78 is 13.8. The van der Waals surface area contributed by atoms with E-state index >= 15 is 0 Å². The number of thioether (sulfide) groups is 1. The maximum Gasteiger partial charge on any atom is 0.127 e. The summed E-state index contributed by atoms with van der Waals surface area (Å²) >= 11 is 1.81. The van der Waals surface area contributed by atoms with E-state index < -0.39 is 0 Å². The van der Waals surface area contributed by atoms with E-state index in [0.717, 1.165) is 30.0 Å². The lowest BCUT2D eigenvalue weighted by Crippen LogP contribution is -2.23. The first kappa shape index (κ1) is 16.5. The molecule has 2 nitrogen and oxygen atoms in total. The quantitative estimate of drug-likeness (QED) is 0.789. The van der Waals surface area contributed by atoms with Crippen molar-refractivity contribution in [3.05, 3.63) is 35.1 Å². The minimum Gasteiger partial charge on any atom is -0.310 e. The van der Waals surface area contributed by atoms with Gasteiger partial charge in [0.25, 0.3) is 0 Å². The maximum atomic E-state index is 13.8. The molecule has 0 aliphatic carbocycles. The van der Waals surface area contributed by atoms with Crippen LogP contribution in [-0.4, -0.2) is 36.5 Å². The first-order valence-electron chi connectivity index (χ1n) is 6.71. The van der Waals surface area contributed by atoms with E-state index in [1.807, 2.05) is 30.9 Å². The molecule has 0 heterocycles. The lowest BCUT2D eigenvalue weighted by atomic mass is 10.1. The number of halogens is 1. The summed E-state index contributed by atoms with van der Waals surface area (Å²) in [4.78, 5) is 2.16. The van der Waals surface area contributed by atoms with Crippen LogP contribution in [0.2, 0.25) is 0 Å². The fourth-order valence-electron chi connectivity index (χ4n) is 1.80. The summed E-state index contributed by atoms with van der Waals surface area (Å²) in [5.41, 5.74) is 1.93. The number of nitrogens with one attached hydrogen (secondary N) is 1. The lowest BCUT2D eigenvalue weighted by Gasteiger charge is -2.17. The summed E-state index contributed by atoms with van der Waals surface area (Å²) in [6.07, 6.45) is 2.09. The van der Waals surface area contributed by atoms with Gasteiger partial charge in [-0.2, -0.15) is 11.8 Å². The van der Waals surface area contributed by atoms with Gasteiger partial charge in [0.15, 0.2) is 0 Å². The minimum atomic E-state index is -0.107. The normalized spacial score (nSPS) is 11.5. The van der Waals surface area contributed by atoms with Crippen molar-refractivity contribution < 1.29 is 4.39 Å². The van der Waals surface area contributed by atoms with Crippen LogP contribution in [-0.2, 0) is 13.1 Å². The molecule has 0 amide bonds. The number of rotatable bonds is 8. The van der Waals surface area contributed by atoms with Crippen LogP contribution in [0.5, 0.6) is 0 Å². The first-order valence-corrected chi connectivity index (χ1v) is 8.10. The van der Waals surface area contributed by atoms with Crippen molar-refractivity contribution >= 4 is 11.8 Å². The minimum absolute atomic E-state index is 0.107. The molecule has 0 bridgehead atoms. The van der Waals surface area contributed by atoms with Crippen LogP contribution in [0.3, 0.4) is 0 Å². The zero-order valence-corrected chi connectivity index (χ0v) is 13.2. The van der Waals surface area contributed by atoms with Crippen LogP contribution in [0.15, 0.2) is 18.2 Å². The van der Waals surface area contributed by atoms with Gasteiger partial charge >= 0.3 is 0 Å². The van der Waals surface area contributed by atoms with E-state index in [4.69, 9.17) is 0 Å². The van der Waals surface area contributed by atoms with E-state index in [9.17, 15) is 4.39 Å². The number of benzene rings is 1. The Morgan fingerprint density at radius 1 is 1.37 bits per heavy atom. The molecule has 108 valence electrons. The van der Waals surface area contributed by atoms with Crippen molar-refractivity contribution in [1.29, 1.82) is 0 Å². The molecule has 0 atom stereocenters. The van der Waals surface area contributed by atoms with Gasteiger partial charge in [-0.15, -0.1) is 0 Å². The van der Waals surface area contributed by atoms with Crippen LogP contribution in [0.1, 0.15) is 25.0 Å². The second kappa shape index (κ2) is 8.56. The molecule has 0 saturated heterocycles. The highest BCUT2D eigenvalue weighted by Gasteiger charge is 2.07. The van der Waals surface area contributed by atoms with Crippen molar-refractivity contribution in [2.24, 2.45) is 0 Å². The summed E-state index contributed by atoms with van der Waals surface area (Å²) in [6, 6.07) is 5.85. The average molecular weight is 284 g/mol. The highest BCUT2D eigenvalue weighted by atomic mass is 32.2. The van der Waals surface area contributed by atoms with E-state index in [2.05, 4.69) is 30.3 Å². The Kier molecular flexibility index (Phi) is 7.42. The number of nitrogens with zero attached hydrogens (tertiary/aromatic N) is 1. The molecule has 1 aromatic rings. The fraction of sp³-hybridized carbons (Fsp3) is 0.600. The topological polar surface area (TPSA) is 15.3 Å². The van der Waals surface area contributed by atoms with Gasteiger partial charge in [-0.1, -0.05) is 26.0 Å². The van der Waals surface area contributed by atoms with Gasteiger partial charge in [-0.05, 0) is 24.9 Å². The molecule has 4 heteroatoms. The Morgan fingerprint density at radius 2 is 2.11 bits per heavy atom. The molecular formula is C15H25FN2S. The monoisotopic (exact) mass is 284 g/mol. The standard InChI is InChI=1S/C15H25FN2S/c1-12(2)17-10-13-5-6-15(16)14(9-13)11-18(3)7-8-19-4/h5-6,9,12,17H,7-8,10-11H2,1-4H3. The third kappa shape index (κ3) is 6.41. The molecule has 1 rings (SSSR count). The van der Waals surface area contributed by atoms with Crippen LogP contribution < -0.4 is 5.32 Å². The molecule has 0 aromatic heterocycles. The van der Waals surface area contributed by atoms with Gasteiger partial charge in [0.05, 0.1) is 0 Å². The van der Waals surface area contributed by atoms with Gasteiger partial charge in [0.1, 0.15) is 5.82 Å². The number of hydrogen-bond donors (Lipinski definition) is 1. The van der Waals surface area contributed by atoms with E-state index in [-0.39, 0.29) is 5.82 Å². The Bertz CT molecular complexity index is 382. The van der Waals surface area contributed by atoms with E-state index in [1.54, 1.807) is 6.07 Å². The molecule has 0 radical (unpaired) electrons. The molecule has 1 N–H and O–H groups in total. The van der Waals surface area contributed by atoms with Crippen molar-refractivity contribution in [3.8, 4) is 0 Å². The summed E-state index contributed by atoms with van der Waals surface area (Å²) in [7, 11) is 2.04.